The number of nitrogens with zero attached hydrogens (tertiary/aromatic N) is 1. The number of benzene rings is 2. The molecule has 2 aromatic carbocycles. The number of para-hydroxylation sites is 1. The maximum atomic E-state index is 12.3. The first-order chi connectivity index (χ1) is 10.0. The Morgan fingerprint density at radius 3 is 2.52 bits per heavy atom. The van der Waals surface area contributed by atoms with Gasteiger partial charge in [-0.1, -0.05) is 25.1 Å². The molecule has 110 valence electrons. The molecule has 0 aromatic heterocycles. The van der Waals surface area contributed by atoms with Crippen LogP contribution in [0.2, 0.25) is 0 Å². The number of aryl methyl sites for hydroxylation is 1. The summed E-state index contributed by atoms with van der Waals surface area (Å²) >= 11 is 0. The van der Waals surface area contributed by atoms with Gasteiger partial charge >= 0.3 is 0 Å². The molecule has 4 nitrogen and oxygen atoms in total. The van der Waals surface area contributed by atoms with Crippen molar-refractivity contribution >= 4 is 23.0 Å². The molecule has 0 atom stereocenters. The Labute approximate surface area is 125 Å². The predicted octanol–water partition coefficient (Wildman–Crippen LogP) is 3.15. The van der Waals surface area contributed by atoms with E-state index < -0.39 is 0 Å². The molecule has 21 heavy (non-hydrogen) atoms. The van der Waals surface area contributed by atoms with E-state index in [1.54, 1.807) is 12.1 Å². The van der Waals surface area contributed by atoms with Crippen molar-refractivity contribution in [2.24, 2.45) is 0 Å². The van der Waals surface area contributed by atoms with Crippen molar-refractivity contribution in [3.05, 3.63) is 53.6 Å². The molecule has 0 unspecified atom stereocenters. The van der Waals surface area contributed by atoms with Crippen molar-refractivity contribution in [2.45, 2.75) is 13.3 Å². The number of carbonyl (C=O) groups excluding carboxylic acids is 1. The van der Waals surface area contributed by atoms with E-state index in [9.17, 15) is 4.79 Å². The molecular formula is C17H21N3O. The molecule has 2 rings (SSSR count). The van der Waals surface area contributed by atoms with Crippen LogP contribution < -0.4 is 16.0 Å². The lowest BCUT2D eigenvalue weighted by Gasteiger charge is -2.16. The van der Waals surface area contributed by atoms with Crippen molar-refractivity contribution in [2.75, 3.05) is 30.0 Å². The van der Waals surface area contributed by atoms with Gasteiger partial charge in [-0.2, -0.15) is 0 Å². The van der Waals surface area contributed by atoms with Crippen molar-refractivity contribution in [1.82, 2.24) is 0 Å². The summed E-state index contributed by atoms with van der Waals surface area (Å²) in [6.45, 7) is 2.06. The highest BCUT2D eigenvalue weighted by molar-refractivity contribution is 6.05. The largest absolute Gasteiger partial charge is 0.397 e. The van der Waals surface area contributed by atoms with E-state index in [0.717, 1.165) is 23.4 Å². The normalized spacial score (nSPS) is 10.2. The number of carbonyl (C=O) groups is 1. The molecule has 1 amide bonds. The summed E-state index contributed by atoms with van der Waals surface area (Å²) in [5.41, 5.74) is 10.0. The van der Waals surface area contributed by atoms with E-state index in [2.05, 4.69) is 12.2 Å². The Bertz CT molecular complexity index is 650. The lowest BCUT2D eigenvalue weighted by atomic mass is 10.1. The molecule has 3 N–H and O–H groups in total. The molecule has 0 saturated heterocycles. The molecule has 4 heteroatoms. The Balaban J connectivity index is 2.23. The number of nitrogen functional groups attached to an aromatic ring is 1. The van der Waals surface area contributed by atoms with Crippen molar-refractivity contribution in [1.29, 1.82) is 0 Å². The van der Waals surface area contributed by atoms with Gasteiger partial charge in [0.2, 0.25) is 0 Å². The summed E-state index contributed by atoms with van der Waals surface area (Å²) in [5, 5.41) is 2.95. The van der Waals surface area contributed by atoms with Crippen LogP contribution in [0.4, 0.5) is 17.1 Å². The monoisotopic (exact) mass is 283 g/mol. The third kappa shape index (κ3) is 3.34. The van der Waals surface area contributed by atoms with Crippen LogP contribution in [0.25, 0.3) is 0 Å². The van der Waals surface area contributed by atoms with Crippen LogP contribution in [0.15, 0.2) is 42.5 Å². The first-order valence-corrected chi connectivity index (χ1v) is 6.99. The Kier molecular flexibility index (Phi) is 4.48. The third-order valence-electron chi connectivity index (χ3n) is 3.42. The standard InChI is InChI=1S/C17H21N3O/c1-4-12-7-5-6-8-15(12)19-17(21)13-9-10-16(20(2)3)14(18)11-13/h5-11H,4,18H2,1-3H3,(H,19,21). The highest BCUT2D eigenvalue weighted by atomic mass is 16.1. The number of rotatable bonds is 4. The smallest absolute Gasteiger partial charge is 0.255 e. The second-order valence-corrected chi connectivity index (χ2v) is 5.13. The molecule has 0 aliphatic heterocycles. The highest BCUT2D eigenvalue weighted by Gasteiger charge is 2.10. The van der Waals surface area contributed by atoms with Gasteiger partial charge in [-0.05, 0) is 36.2 Å². The van der Waals surface area contributed by atoms with Gasteiger partial charge in [0.15, 0.2) is 0 Å². The Morgan fingerprint density at radius 1 is 1.19 bits per heavy atom. The molecule has 0 bridgehead atoms. The van der Waals surface area contributed by atoms with Crippen LogP contribution in [0.3, 0.4) is 0 Å². The minimum Gasteiger partial charge on any atom is -0.397 e. The number of nitrogens with one attached hydrogen (secondary N) is 1. The molecule has 0 saturated carbocycles. The second kappa shape index (κ2) is 6.31. The summed E-state index contributed by atoms with van der Waals surface area (Å²) in [7, 11) is 3.84. The fourth-order valence-electron chi connectivity index (χ4n) is 2.25. The van der Waals surface area contributed by atoms with Gasteiger partial charge < -0.3 is 16.0 Å². The molecule has 0 heterocycles. The van der Waals surface area contributed by atoms with E-state index >= 15 is 0 Å². The van der Waals surface area contributed by atoms with E-state index in [-0.39, 0.29) is 5.91 Å². The summed E-state index contributed by atoms with van der Waals surface area (Å²) in [6.07, 6.45) is 0.873. The maximum Gasteiger partial charge on any atom is 0.255 e. The molecule has 0 aliphatic rings. The zero-order chi connectivity index (χ0) is 15.4. The van der Waals surface area contributed by atoms with Gasteiger partial charge in [-0.25, -0.2) is 0 Å². The van der Waals surface area contributed by atoms with E-state index in [1.165, 1.54) is 0 Å². The number of anilines is 3. The summed E-state index contributed by atoms with van der Waals surface area (Å²) in [6, 6.07) is 13.2. The van der Waals surface area contributed by atoms with Crippen LogP contribution in [0, 0.1) is 0 Å². The zero-order valence-electron chi connectivity index (χ0n) is 12.7. The first-order valence-electron chi connectivity index (χ1n) is 6.99. The second-order valence-electron chi connectivity index (χ2n) is 5.13. The molecular weight excluding hydrogens is 262 g/mol. The summed E-state index contributed by atoms with van der Waals surface area (Å²) < 4.78 is 0. The van der Waals surface area contributed by atoms with E-state index in [0.29, 0.717) is 11.3 Å². The number of hydrogen-bond acceptors (Lipinski definition) is 3. The molecule has 0 spiro atoms. The van der Waals surface area contributed by atoms with Gasteiger partial charge in [0, 0.05) is 25.3 Å². The Hall–Kier alpha value is -2.49. The van der Waals surface area contributed by atoms with Crippen molar-refractivity contribution < 1.29 is 4.79 Å². The average Bonchev–Trinajstić information content (AvgIpc) is 2.47. The molecule has 0 fully saturated rings. The van der Waals surface area contributed by atoms with Crippen molar-refractivity contribution in [3.8, 4) is 0 Å². The van der Waals surface area contributed by atoms with Gasteiger partial charge in [-0.15, -0.1) is 0 Å². The van der Waals surface area contributed by atoms with E-state index in [4.69, 9.17) is 5.73 Å². The van der Waals surface area contributed by atoms with Gasteiger partial charge in [-0.3, -0.25) is 4.79 Å². The molecule has 0 aliphatic carbocycles. The molecule has 0 radical (unpaired) electrons. The molecule has 2 aromatic rings. The third-order valence-corrected chi connectivity index (χ3v) is 3.42. The van der Waals surface area contributed by atoms with Crippen LogP contribution in [0.1, 0.15) is 22.8 Å². The van der Waals surface area contributed by atoms with Gasteiger partial charge in [0.05, 0.1) is 11.4 Å². The first kappa shape index (κ1) is 14.9. The minimum atomic E-state index is -0.145. The zero-order valence-corrected chi connectivity index (χ0v) is 12.7. The highest BCUT2D eigenvalue weighted by Crippen LogP contribution is 2.23. The van der Waals surface area contributed by atoms with Crippen LogP contribution in [-0.2, 0) is 6.42 Å². The number of amides is 1. The van der Waals surface area contributed by atoms with Gasteiger partial charge in [0.1, 0.15) is 0 Å². The van der Waals surface area contributed by atoms with Crippen LogP contribution in [-0.4, -0.2) is 20.0 Å². The summed E-state index contributed by atoms with van der Waals surface area (Å²) in [5.74, 6) is -0.145. The lowest BCUT2D eigenvalue weighted by Crippen LogP contribution is -2.15. The number of hydrogen-bond donors (Lipinski definition) is 2. The lowest BCUT2D eigenvalue weighted by molar-refractivity contribution is 0.102. The summed E-state index contributed by atoms with van der Waals surface area (Å²) in [4.78, 5) is 14.3. The van der Waals surface area contributed by atoms with Crippen LogP contribution in [0.5, 0.6) is 0 Å². The van der Waals surface area contributed by atoms with E-state index in [1.807, 2.05) is 49.3 Å². The quantitative estimate of drug-likeness (QED) is 0.847. The van der Waals surface area contributed by atoms with Crippen molar-refractivity contribution in [3.63, 3.8) is 0 Å². The average molecular weight is 283 g/mol. The predicted molar refractivity (Wildman–Crippen MR) is 89.0 cm³/mol. The fourth-order valence-corrected chi connectivity index (χ4v) is 2.25. The topological polar surface area (TPSA) is 58.4 Å². The van der Waals surface area contributed by atoms with Crippen LogP contribution >= 0.6 is 0 Å². The maximum absolute atomic E-state index is 12.3. The SMILES string of the molecule is CCc1ccccc1NC(=O)c1ccc(N(C)C)c(N)c1. The van der Waals surface area contributed by atoms with Gasteiger partial charge in [0.25, 0.3) is 5.91 Å². The number of nitrogens with two attached hydrogens (primary N) is 1. The fraction of sp³-hybridized carbons (Fsp3) is 0.235. The minimum absolute atomic E-state index is 0.145. The Morgan fingerprint density at radius 2 is 1.90 bits per heavy atom.